The Morgan fingerprint density at radius 2 is 1.59 bits per heavy atom. The Morgan fingerprint density at radius 1 is 1.12 bits per heavy atom. The second kappa shape index (κ2) is 7.34. The van der Waals surface area contributed by atoms with E-state index in [0.717, 1.165) is 24.2 Å². The van der Waals surface area contributed by atoms with E-state index in [0.29, 0.717) is 6.16 Å². The topological polar surface area (TPSA) is 74.6 Å². The fourth-order valence-electron chi connectivity index (χ4n) is 2.07. The molecule has 2 N–H and O–H groups in total. The Morgan fingerprint density at radius 3 is 1.94 bits per heavy atom. The monoisotopic (exact) mass is 280 g/mol. The molecule has 1 unspecified atom stereocenters. The zero-order valence-electron chi connectivity index (χ0n) is 11.1. The van der Waals surface area contributed by atoms with E-state index >= 15 is 0 Å². The van der Waals surface area contributed by atoms with Crippen LogP contribution in [0.1, 0.15) is 27.2 Å². The molecule has 0 aromatic carbocycles. The lowest BCUT2D eigenvalue weighted by molar-refractivity contribution is -0.136. The number of rotatable bonds is 9. The molecule has 0 aliphatic carbocycles. The predicted molar refractivity (Wildman–Crippen MR) is 73.8 cm³/mol. The number of hydrogen-bond donors (Lipinski definition) is 2. The Kier molecular flexibility index (Phi) is 7.29. The molecule has 0 amide bonds. The third-order valence-electron chi connectivity index (χ3n) is 3.92. The highest BCUT2D eigenvalue weighted by molar-refractivity contribution is 7.58. The first-order valence-electron chi connectivity index (χ1n) is 6.33. The minimum atomic E-state index is -3.23. The summed E-state index contributed by atoms with van der Waals surface area (Å²) in [5.74, 6) is -0.996. The fourth-order valence-corrected chi connectivity index (χ4v) is 8.69. The summed E-state index contributed by atoms with van der Waals surface area (Å²) >= 11 is 0. The molecule has 0 fully saturated rings. The quantitative estimate of drug-likeness (QED) is 0.502. The van der Waals surface area contributed by atoms with E-state index in [1.54, 1.807) is 0 Å². The summed E-state index contributed by atoms with van der Waals surface area (Å²) in [4.78, 5) is 20.1. The van der Waals surface area contributed by atoms with Crippen molar-refractivity contribution in [3.05, 3.63) is 0 Å². The fraction of sp³-hybridized carbons (Fsp3) is 0.909. The first kappa shape index (κ1) is 16.9. The second-order valence-corrected chi connectivity index (χ2v) is 13.0. The lowest BCUT2D eigenvalue weighted by Crippen LogP contribution is -2.32. The van der Waals surface area contributed by atoms with Gasteiger partial charge in [-0.3, -0.25) is 9.36 Å². The standard InChI is InChI=1S/C11H25O4PSi/c1-4-17(5-2,6-3)10-9-16(14,15)8-7-11(12)13/h4-10H2,1-3H3,(H,12,13)(H,14,15). The van der Waals surface area contributed by atoms with Crippen molar-refractivity contribution in [2.45, 2.75) is 51.4 Å². The molecule has 1 atom stereocenters. The third kappa shape index (κ3) is 6.39. The van der Waals surface area contributed by atoms with Crippen molar-refractivity contribution in [3.8, 4) is 0 Å². The number of hydrogen-bond acceptors (Lipinski definition) is 2. The maximum atomic E-state index is 11.8. The molecule has 0 aliphatic rings. The first-order chi connectivity index (χ1) is 7.81. The molecule has 0 aliphatic heterocycles. The van der Waals surface area contributed by atoms with Crippen molar-refractivity contribution in [1.82, 2.24) is 0 Å². The molecule has 17 heavy (non-hydrogen) atoms. The normalized spacial score (nSPS) is 15.5. The summed E-state index contributed by atoms with van der Waals surface area (Å²) in [5, 5.41) is 8.52. The Bertz CT molecular complexity index is 281. The minimum absolute atomic E-state index is 0.0794. The van der Waals surface area contributed by atoms with E-state index in [1.807, 2.05) is 0 Å². The lowest BCUT2D eigenvalue weighted by Gasteiger charge is -2.28. The Hall–Kier alpha value is -0.123. The van der Waals surface area contributed by atoms with Crippen molar-refractivity contribution in [1.29, 1.82) is 0 Å². The van der Waals surface area contributed by atoms with Gasteiger partial charge in [0.15, 0.2) is 0 Å². The second-order valence-electron chi connectivity index (χ2n) is 4.75. The molecular formula is C11H25O4PSi. The van der Waals surface area contributed by atoms with Gasteiger partial charge in [-0.15, -0.1) is 0 Å². The van der Waals surface area contributed by atoms with Crippen molar-refractivity contribution in [3.63, 3.8) is 0 Å². The van der Waals surface area contributed by atoms with E-state index in [9.17, 15) is 14.3 Å². The van der Waals surface area contributed by atoms with E-state index in [4.69, 9.17) is 5.11 Å². The van der Waals surface area contributed by atoms with E-state index in [-0.39, 0.29) is 12.6 Å². The summed E-state index contributed by atoms with van der Waals surface area (Å²) in [6, 6.07) is 4.26. The number of carboxylic acid groups (broad SMARTS) is 1. The van der Waals surface area contributed by atoms with Crippen LogP contribution >= 0.6 is 7.37 Å². The summed E-state index contributed by atoms with van der Waals surface area (Å²) in [7, 11) is -4.59. The summed E-state index contributed by atoms with van der Waals surface area (Å²) in [5.41, 5.74) is 0. The van der Waals surface area contributed by atoms with Gasteiger partial charge in [-0.1, -0.05) is 38.9 Å². The molecule has 0 bridgehead atoms. The molecule has 6 heteroatoms. The van der Waals surface area contributed by atoms with Crippen LogP contribution in [-0.2, 0) is 9.36 Å². The largest absolute Gasteiger partial charge is 0.481 e. The smallest absolute Gasteiger partial charge is 0.303 e. The number of carboxylic acids is 1. The van der Waals surface area contributed by atoms with Crippen LogP contribution in [0.25, 0.3) is 0 Å². The number of carbonyl (C=O) groups is 1. The average molecular weight is 280 g/mol. The highest BCUT2D eigenvalue weighted by Gasteiger charge is 2.30. The maximum Gasteiger partial charge on any atom is 0.303 e. The van der Waals surface area contributed by atoms with E-state index < -0.39 is 21.4 Å². The Labute approximate surface area is 105 Å². The van der Waals surface area contributed by atoms with Crippen LogP contribution in [0.4, 0.5) is 0 Å². The van der Waals surface area contributed by atoms with Crippen LogP contribution in [0.3, 0.4) is 0 Å². The Balaban J connectivity index is 4.32. The molecule has 0 radical (unpaired) electrons. The van der Waals surface area contributed by atoms with Gasteiger partial charge in [0, 0.05) is 12.3 Å². The maximum absolute atomic E-state index is 11.8. The van der Waals surface area contributed by atoms with Crippen molar-refractivity contribution in [2.75, 3.05) is 12.3 Å². The SMILES string of the molecule is CC[Si](CC)(CC)CCP(=O)(O)CCC(=O)O. The van der Waals surface area contributed by atoms with Gasteiger partial charge < -0.3 is 10.00 Å². The van der Waals surface area contributed by atoms with Gasteiger partial charge in [0.25, 0.3) is 0 Å². The van der Waals surface area contributed by atoms with Crippen LogP contribution in [-0.4, -0.2) is 36.4 Å². The molecule has 0 saturated carbocycles. The van der Waals surface area contributed by atoms with Crippen molar-refractivity contribution in [2.24, 2.45) is 0 Å². The molecule has 4 nitrogen and oxygen atoms in total. The van der Waals surface area contributed by atoms with Gasteiger partial charge in [0.05, 0.1) is 14.5 Å². The number of aliphatic carboxylic acids is 1. The lowest BCUT2D eigenvalue weighted by atomic mass is 10.5. The molecular weight excluding hydrogens is 255 g/mol. The molecule has 0 aromatic heterocycles. The summed E-state index contributed by atoms with van der Waals surface area (Å²) in [6.07, 6.45) is 0.0265. The molecule has 0 spiro atoms. The summed E-state index contributed by atoms with van der Waals surface area (Å²) in [6.45, 7) is 6.50. The van der Waals surface area contributed by atoms with Gasteiger partial charge in [-0.25, -0.2) is 0 Å². The highest BCUT2D eigenvalue weighted by atomic mass is 31.2. The predicted octanol–water partition coefficient (Wildman–Crippen LogP) is 3.24. The van der Waals surface area contributed by atoms with Crippen LogP contribution in [0.5, 0.6) is 0 Å². The highest BCUT2D eigenvalue weighted by Crippen LogP contribution is 2.44. The van der Waals surface area contributed by atoms with Crippen LogP contribution in [0.2, 0.25) is 24.2 Å². The van der Waals surface area contributed by atoms with Gasteiger partial charge >= 0.3 is 5.97 Å². The summed E-state index contributed by atoms with van der Waals surface area (Å²) < 4.78 is 11.8. The molecule has 102 valence electrons. The molecule has 0 rings (SSSR count). The van der Waals surface area contributed by atoms with Crippen LogP contribution < -0.4 is 0 Å². The van der Waals surface area contributed by atoms with E-state index in [1.165, 1.54) is 0 Å². The first-order valence-corrected chi connectivity index (χ1v) is 11.2. The van der Waals surface area contributed by atoms with Crippen molar-refractivity contribution < 1.29 is 19.4 Å². The van der Waals surface area contributed by atoms with Gasteiger partial charge in [-0.05, 0) is 6.04 Å². The molecule has 0 aromatic rings. The minimum Gasteiger partial charge on any atom is -0.481 e. The van der Waals surface area contributed by atoms with Gasteiger partial charge in [0.1, 0.15) is 0 Å². The average Bonchev–Trinajstić information content (AvgIpc) is 2.29. The van der Waals surface area contributed by atoms with Gasteiger partial charge in [-0.2, -0.15) is 0 Å². The van der Waals surface area contributed by atoms with E-state index in [2.05, 4.69) is 20.8 Å². The zero-order valence-corrected chi connectivity index (χ0v) is 13.0. The zero-order chi connectivity index (χ0) is 13.5. The molecule has 0 saturated heterocycles. The molecule has 0 heterocycles. The van der Waals surface area contributed by atoms with Crippen LogP contribution in [0, 0.1) is 0 Å². The van der Waals surface area contributed by atoms with Crippen molar-refractivity contribution >= 4 is 21.4 Å². The third-order valence-corrected chi connectivity index (χ3v) is 12.0. The van der Waals surface area contributed by atoms with Gasteiger partial charge in [0.2, 0.25) is 7.37 Å². The van der Waals surface area contributed by atoms with Crippen LogP contribution in [0.15, 0.2) is 0 Å².